The van der Waals surface area contributed by atoms with Crippen LogP contribution in [0.2, 0.25) is 0 Å². The van der Waals surface area contributed by atoms with Gasteiger partial charge in [-0.15, -0.1) is 0 Å². The zero-order valence-corrected chi connectivity index (χ0v) is 24.9. The van der Waals surface area contributed by atoms with Gasteiger partial charge in [-0.3, -0.25) is 14.9 Å². The summed E-state index contributed by atoms with van der Waals surface area (Å²) in [7, 11) is 1.52. The van der Waals surface area contributed by atoms with Crippen molar-refractivity contribution in [3.8, 4) is 28.4 Å². The number of hydrogen-bond donors (Lipinski definition) is 1. The average Bonchev–Trinajstić information content (AvgIpc) is 3.42. The molecule has 0 atom stereocenters. The molecule has 0 saturated carbocycles. The summed E-state index contributed by atoms with van der Waals surface area (Å²) in [4.78, 5) is 23.2. The number of nitro groups is 1. The largest absolute Gasteiger partial charge is 0.493 e. The van der Waals surface area contributed by atoms with Gasteiger partial charge in [-0.2, -0.15) is 5.10 Å². The number of nitrogens with zero attached hydrogens (tertiary/aromatic N) is 3. The molecule has 4 aromatic carbocycles. The third kappa shape index (κ3) is 6.82. The highest BCUT2D eigenvalue weighted by molar-refractivity contribution is 9.10. The van der Waals surface area contributed by atoms with Crippen molar-refractivity contribution < 1.29 is 19.2 Å². The van der Waals surface area contributed by atoms with Crippen LogP contribution >= 0.6 is 15.9 Å². The maximum atomic E-state index is 12.8. The van der Waals surface area contributed by atoms with E-state index in [0.717, 1.165) is 28.2 Å². The number of hydrogen-bond acceptors (Lipinski definition) is 6. The predicted octanol–water partition coefficient (Wildman–Crippen LogP) is 7.47. The average molecular weight is 640 g/mol. The first-order valence-electron chi connectivity index (χ1n) is 13.3. The number of carbonyl (C=O) groups is 1. The fraction of sp³-hybridized carbons (Fsp3) is 0.0909. The highest BCUT2D eigenvalue weighted by atomic mass is 79.9. The van der Waals surface area contributed by atoms with Crippen molar-refractivity contribution in [2.75, 3.05) is 7.11 Å². The van der Waals surface area contributed by atoms with Crippen molar-refractivity contribution in [3.63, 3.8) is 0 Å². The van der Waals surface area contributed by atoms with Crippen LogP contribution in [0.1, 0.15) is 27.2 Å². The van der Waals surface area contributed by atoms with Gasteiger partial charge < -0.3 is 14.0 Å². The Kier molecular flexibility index (Phi) is 8.97. The van der Waals surface area contributed by atoms with Crippen LogP contribution in [0.25, 0.3) is 16.9 Å². The topological polar surface area (TPSA) is 108 Å². The Morgan fingerprint density at radius 1 is 0.977 bits per heavy atom. The van der Waals surface area contributed by atoms with Gasteiger partial charge in [0.15, 0.2) is 11.5 Å². The second-order valence-corrected chi connectivity index (χ2v) is 10.4. The zero-order valence-electron chi connectivity index (χ0n) is 23.4. The Hall–Kier alpha value is -5.22. The van der Waals surface area contributed by atoms with Crippen molar-refractivity contribution in [2.45, 2.75) is 13.5 Å². The standard InChI is InChI=1S/C33H27BrN4O5/c1-22-8-17-30(24-6-4-3-5-7-24)37(22)27-15-11-25(12-16-27)33(39)36-35-20-26-18-31(42-2)32(19-29(26)34)43-21-23-9-13-28(14-10-23)38(40)41/h3-20H,21H2,1-2H3,(H,36,39)/b35-20+. The van der Waals surface area contributed by atoms with Crippen molar-refractivity contribution in [1.82, 2.24) is 9.99 Å². The molecule has 0 aliphatic carbocycles. The first-order chi connectivity index (χ1) is 20.8. The van der Waals surface area contributed by atoms with Crippen LogP contribution in [0.4, 0.5) is 5.69 Å². The number of non-ortho nitro benzene ring substituents is 1. The molecule has 0 fully saturated rings. The molecule has 10 heteroatoms. The van der Waals surface area contributed by atoms with Gasteiger partial charge in [0.1, 0.15) is 6.61 Å². The number of aryl methyl sites for hydroxylation is 1. The van der Waals surface area contributed by atoms with E-state index in [2.05, 4.69) is 55.3 Å². The van der Waals surface area contributed by atoms with Gasteiger partial charge >= 0.3 is 0 Å². The normalized spacial score (nSPS) is 11.0. The molecule has 0 aliphatic rings. The lowest BCUT2D eigenvalue weighted by molar-refractivity contribution is -0.384. The molecule has 9 nitrogen and oxygen atoms in total. The maximum Gasteiger partial charge on any atom is 0.271 e. The van der Waals surface area contributed by atoms with E-state index < -0.39 is 4.92 Å². The molecule has 0 bridgehead atoms. The summed E-state index contributed by atoms with van der Waals surface area (Å²) in [5.41, 5.74) is 8.71. The number of aromatic nitrogens is 1. The number of ether oxygens (including phenoxy) is 2. The summed E-state index contributed by atoms with van der Waals surface area (Å²) in [5, 5.41) is 15.0. The smallest absolute Gasteiger partial charge is 0.271 e. The first-order valence-corrected chi connectivity index (χ1v) is 14.0. The van der Waals surface area contributed by atoms with Gasteiger partial charge in [-0.1, -0.05) is 30.3 Å². The molecule has 1 aromatic heterocycles. The molecule has 43 heavy (non-hydrogen) atoms. The Balaban J connectivity index is 1.24. The molecule has 1 N–H and O–H groups in total. The second-order valence-electron chi connectivity index (χ2n) is 9.54. The SMILES string of the molecule is COc1cc(/C=N/NC(=O)c2ccc(-n3c(C)ccc3-c3ccccc3)cc2)c(Br)cc1OCc1ccc([N+](=O)[O-])cc1. The fourth-order valence-electron chi connectivity index (χ4n) is 4.50. The quantitative estimate of drug-likeness (QED) is 0.0969. The Labute approximate surface area is 256 Å². The lowest BCUT2D eigenvalue weighted by Crippen LogP contribution is -2.17. The summed E-state index contributed by atoms with van der Waals surface area (Å²) < 4.78 is 14.2. The van der Waals surface area contributed by atoms with Crippen molar-refractivity contribution in [2.24, 2.45) is 5.10 Å². The van der Waals surface area contributed by atoms with Crippen molar-refractivity contribution in [3.05, 3.63) is 140 Å². The summed E-state index contributed by atoms with van der Waals surface area (Å²) in [5.74, 6) is 0.590. The van der Waals surface area contributed by atoms with Crippen LogP contribution in [0.5, 0.6) is 11.5 Å². The number of amides is 1. The van der Waals surface area contributed by atoms with Crippen molar-refractivity contribution in [1.29, 1.82) is 0 Å². The molecule has 5 aromatic rings. The van der Waals surface area contributed by atoms with Crippen LogP contribution in [0, 0.1) is 17.0 Å². The van der Waals surface area contributed by atoms with E-state index in [4.69, 9.17) is 9.47 Å². The Bertz CT molecular complexity index is 1780. The molecule has 1 amide bonds. The van der Waals surface area contributed by atoms with Crippen LogP contribution in [-0.2, 0) is 6.61 Å². The van der Waals surface area contributed by atoms with Crippen molar-refractivity contribution >= 4 is 33.7 Å². The highest BCUT2D eigenvalue weighted by Gasteiger charge is 2.13. The lowest BCUT2D eigenvalue weighted by Gasteiger charge is -2.13. The molecule has 0 unspecified atom stereocenters. The van der Waals surface area contributed by atoms with E-state index in [1.165, 1.54) is 25.5 Å². The number of methoxy groups -OCH3 is 1. The van der Waals surface area contributed by atoms with E-state index in [-0.39, 0.29) is 18.2 Å². The molecule has 0 saturated heterocycles. The van der Waals surface area contributed by atoms with Crippen LogP contribution in [0.3, 0.4) is 0 Å². The number of rotatable bonds is 10. The molecule has 0 radical (unpaired) electrons. The van der Waals surface area contributed by atoms with Gasteiger partial charge in [0.05, 0.1) is 23.9 Å². The first kappa shape index (κ1) is 29.3. The number of nitro benzene ring substituents is 1. The second kappa shape index (κ2) is 13.2. The molecular formula is C33H27BrN4O5. The molecule has 216 valence electrons. The van der Waals surface area contributed by atoms with E-state index >= 15 is 0 Å². The fourth-order valence-corrected chi connectivity index (χ4v) is 4.92. The molecule has 0 spiro atoms. The van der Waals surface area contributed by atoms with E-state index in [1.54, 1.807) is 36.4 Å². The van der Waals surface area contributed by atoms with E-state index in [0.29, 0.717) is 27.1 Å². The molecular weight excluding hydrogens is 612 g/mol. The lowest BCUT2D eigenvalue weighted by atomic mass is 10.1. The Morgan fingerprint density at radius 3 is 2.37 bits per heavy atom. The van der Waals surface area contributed by atoms with Gasteiger partial charge in [0.2, 0.25) is 0 Å². The van der Waals surface area contributed by atoms with Gasteiger partial charge in [0.25, 0.3) is 11.6 Å². The minimum atomic E-state index is -0.448. The molecule has 0 aliphatic heterocycles. The van der Waals surface area contributed by atoms with Crippen LogP contribution in [-0.4, -0.2) is 28.7 Å². The minimum Gasteiger partial charge on any atom is -0.493 e. The number of nitrogens with one attached hydrogen (secondary N) is 1. The van der Waals surface area contributed by atoms with E-state index in [1.807, 2.05) is 37.3 Å². The summed E-state index contributed by atoms with van der Waals surface area (Å²) in [6.07, 6.45) is 1.51. The van der Waals surface area contributed by atoms with Gasteiger partial charge in [-0.25, -0.2) is 5.43 Å². The van der Waals surface area contributed by atoms with Gasteiger partial charge in [-0.05, 0) is 94.6 Å². The number of hydrazone groups is 1. The monoisotopic (exact) mass is 638 g/mol. The maximum absolute atomic E-state index is 12.8. The zero-order chi connectivity index (χ0) is 30.3. The summed E-state index contributed by atoms with van der Waals surface area (Å²) >= 11 is 3.51. The summed E-state index contributed by atoms with van der Waals surface area (Å²) in [6, 6.07) is 31.3. The van der Waals surface area contributed by atoms with Crippen LogP contribution in [0.15, 0.2) is 113 Å². The third-order valence-corrected chi connectivity index (χ3v) is 7.41. The third-order valence-electron chi connectivity index (χ3n) is 6.73. The molecule has 1 heterocycles. The molecule has 5 rings (SSSR count). The highest BCUT2D eigenvalue weighted by Crippen LogP contribution is 2.33. The van der Waals surface area contributed by atoms with Gasteiger partial charge in [0, 0.05) is 39.1 Å². The number of halogens is 1. The minimum absolute atomic E-state index is 0.0151. The Morgan fingerprint density at radius 2 is 1.70 bits per heavy atom. The van der Waals surface area contributed by atoms with E-state index in [9.17, 15) is 14.9 Å². The predicted molar refractivity (Wildman–Crippen MR) is 169 cm³/mol. The summed E-state index contributed by atoms with van der Waals surface area (Å²) in [6.45, 7) is 2.24. The number of carbonyl (C=O) groups excluding carboxylic acids is 1. The van der Waals surface area contributed by atoms with Crippen LogP contribution < -0.4 is 14.9 Å². The number of benzene rings is 4.